The van der Waals surface area contributed by atoms with Gasteiger partial charge < -0.3 is 14.0 Å². The maximum absolute atomic E-state index is 13.0. The number of pyridine rings is 1. The van der Waals surface area contributed by atoms with Gasteiger partial charge in [0.05, 0.1) is 12.8 Å². The van der Waals surface area contributed by atoms with Gasteiger partial charge in [0.15, 0.2) is 6.29 Å². The van der Waals surface area contributed by atoms with Gasteiger partial charge >= 0.3 is 10.2 Å². The third-order valence-electron chi connectivity index (χ3n) is 7.75. The molecule has 0 radical (unpaired) electrons. The normalized spacial score (nSPS) is 14.8. The smallest absolute Gasteiger partial charge is 0.303 e. The monoisotopic (exact) mass is 614 g/mol. The van der Waals surface area contributed by atoms with Gasteiger partial charge in [0.1, 0.15) is 23.8 Å². The Morgan fingerprint density at radius 2 is 1.86 bits per heavy atom. The standard InChI is InChI=1S/C30H42N4O6SSi/c1-33(2)41(37,38)32-30(36)26-15-14-25-27(21-10-8-7-9-11-21)28(24-13-12-23(39-3)18-22(24)19-35)34(29(25)31-26)20-40-16-17-42(4,5)6/h12-15,18-19,21H,7-11,16-17,20H2,1-6H3,(H,32,36). The highest BCUT2D eigenvalue weighted by molar-refractivity contribution is 7.87. The number of benzene rings is 1. The molecular formula is C30H42N4O6SSi. The van der Waals surface area contributed by atoms with E-state index in [9.17, 15) is 18.0 Å². The minimum atomic E-state index is -4.00. The number of rotatable bonds is 12. The summed E-state index contributed by atoms with van der Waals surface area (Å²) in [6.07, 6.45) is 6.20. The van der Waals surface area contributed by atoms with Gasteiger partial charge in [0.25, 0.3) is 5.91 Å². The molecule has 12 heteroatoms. The quantitative estimate of drug-likeness (QED) is 0.164. The van der Waals surface area contributed by atoms with Gasteiger partial charge in [0.2, 0.25) is 0 Å². The largest absolute Gasteiger partial charge is 0.497 e. The number of ether oxygens (including phenoxy) is 2. The van der Waals surface area contributed by atoms with E-state index in [0.717, 1.165) is 64.5 Å². The summed E-state index contributed by atoms with van der Waals surface area (Å²) in [5, 5.41) is 0.866. The number of nitrogens with one attached hydrogen (secondary N) is 1. The van der Waals surface area contributed by atoms with Crippen LogP contribution in [0.25, 0.3) is 22.3 Å². The fourth-order valence-corrected chi connectivity index (χ4v) is 6.64. The molecule has 10 nitrogen and oxygen atoms in total. The van der Waals surface area contributed by atoms with Crippen molar-refractivity contribution in [2.24, 2.45) is 0 Å². The first-order valence-electron chi connectivity index (χ1n) is 14.4. The number of carbonyl (C=O) groups excluding carboxylic acids is 2. The first-order valence-corrected chi connectivity index (χ1v) is 19.5. The Kier molecular flexibility index (Phi) is 9.91. The zero-order valence-corrected chi connectivity index (χ0v) is 27.2. The molecule has 0 bridgehead atoms. The van der Waals surface area contributed by atoms with Crippen molar-refractivity contribution in [3.63, 3.8) is 0 Å². The van der Waals surface area contributed by atoms with Crippen LogP contribution in [0.4, 0.5) is 0 Å². The highest BCUT2D eigenvalue weighted by Crippen LogP contribution is 2.44. The molecule has 2 aromatic heterocycles. The van der Waals surface area contributed by atoms with E-state index in [-0.39, 0.29) is 18.3 Å². The van der Waals surface area contributed by atoms with Crippen LogP contribution in [-0.4, -0.2) is 70.4 Å². The van der Waals surface area contributed by atoms with E-state index in [4.69, 9.17) is 14.5 Å². The molecule has 0 saturated heterocycles. The van der Waals surface area contributed by atoms with Crippen molar-refractivity contribution >= 4 is 41.5 Å². The van der Waals surface area contributed by atoms with Crippen molar-refractivity contribution in [3.05, 3.63) is 47.2 Å². The number of fused-ring (bicyclic) bond motifs is 1. The molecule has 1 aliphatic carbocycles. The third-order valence-corrected chi connectivity index (χ3v) is 10.9. The number of carbonyl (C=O) groups is 2. The SMILES string of the molecule is COc1ccc(-c2c(C3CCCCC3)c3ccc(C(=O)NS(=O)(=O)N(C)C)nc3n2COCC[Si](C)(C)C)c(C=O)c1. The molecule has 1 aromatic carbocycles. The number of aldehydes is 1. The Labute approximate surface area is 249 Å². The van der Waals surface area contributed by atoms with Crippen LogP contribution < -0.4 is 9.46 Å². The molecule has 2 heterocycles. The highest BCUT2D eigenvalue weighted by Gasteiger charge is 2.30. The molecule has 42 heavy (non-hydrogen) atoms. The Morgan fingerprint density at radius 1 is 1.14 bits per heavy atom. The fraction of sp³-hybridized carbons (Fsp3) is 0.500. The van der Waals surface area contributed by atoms with Gasteiger partial charge in [-0.1, -0.05) is 38.9 Å². The second kappa shape index (κ2) is 13.1. The zero-order valence-electron chi connectivity index (χ0n) is 25.4. The minimum absolute atomic E-state index is 0.0270. The predicted molar refractivity (Wildman–Crippen MR) is 167 cm³/mol. The molecule has 4 rings (SSSR count). The Balaban J connectivity index is 1.94. The Morgan fingerprint density at radius 3 is 2.48 bits per heavy atom. The van der Waals surface area contributed by atoms with Gasteiger partial charge in [-0.15, -0.1) is 0 Å². The van der Waals surface area contributed by atoms with Crippen LogP contribution in [0.1, 0.15) is 64.4 Å². The molecule has 0 atom stereocenters. The van der Waals surface area contributed by atoms with Crippen molar-refractivity contribution in [1.29, 1.82) is 0 Å². The van der Waals surface area contributed by atoms with E-state index in [1.165, 1.54) is 20.5 Å². The predicted octanol–water partition coefficient (Wildman–Crippen LogP) is 5.42. The minimum Gasteiger partial charge on any atom is -0.497 e. The van der Waals surface area contributed by atoms with Crippen molar-refractivity contribution in [3.8, 4) is 17.0 Å². The number of amides is 1. The molecule has 1 saturated carbocycles. The summed E-state index contributed by atoms with van der Waals surface area (Å²) in [4.78, 5) is 30.1. The van der Waals surface area contributed by atoms with E-state index < -0.39 is 24.2 Å². The summed E-state index contributed by atoms with van der Waals surface area (Å²) >= 11 is 0. The number of aromatic nitrogens is 2. The number of methoxy groups -OCH3 is 1. The number of hydrogen-bond donors (Lipinski definition) is 1. The average molecular weight is 615 g/mol. The van der Waals surface area contributed by atoms with E-state index >= 15 is 0 Å². The van der Waals surface area contributed by atoms with Crippen LogP contribution in [0.5, 0.6) is 5.75 Å². The Bertz CT molecular complexity index is 1560. The average Bonchev–Trinajstić information content (AvgIpc) is 3.27. The van der Waals surface area contributed by atoms with Crippen LogP contribution >= 0.6 is 0 Å². The second-order valence-corrected chi connectivity index (χ2v) is 19.7. The maximum Gasteiger partial charge on any atom is 0.303 e. The molecule has 0 spiro atoms. The van der Waals surface area contributed by atoms with Gasteiger partial charge in [-0.3, -0.25) is 9.59 Å². The molecule has 1 N–H and O–H groups in total. The van der Waals surface area contributed by atoms with Crippen LogP contribution in [0.2, 0.25) is 25.7 Å². The zero-order chi connectivity index (χ0) is 30.7. The first kappa shape index (κ1) is 31.9. The van der Waals surface area contributed by atoms with Crippen LogP contribution in [-0.2, 0) is 21.7 Å². The van der Waals surface area contributed by atoms with Crippen LogP contribution in [0, 0.1) is 0 Å². The molecule has 228 valence electrons. The lowest BCUT2D eigenvalue weighted by atomic mass is 9.81. The molecule has 1 fully saturated rings. The number of hydrogen-bond acceptors (Lipinski definition) is 7. The summed E-state index contributed by atoms with van der Waals surface area (Å²) in [7, 11) is -1.11. The molecule has 0 aliphatic heterocycles. The first-order chi connectivity index (χ1) is 19.9. The lowest BCUT2D eigenvalue weighted by molar-refractivity contribution is 0.0905. The Hall–Kier alpha value is -3.06. The van der Waals surface area contributed by atoms with Crippen LogP contribution in [0.3, 0.4) is 0 Å². The van der Waals surface area contributed by atoms with Crippen molar-refractivity contribution in [2.45, 2.75) is 70.4 Å². The van der Waals surface area contributed by atoms with Crippen molar-refractivity contribution in [2.75, 3.05) is 27.8 Å². The molecule has 1 amide bonds. The maximum atomic E-state index is 13.0. The van der Waals surface area contributed by atoms with Gasteiger partial charge in [-0.25, -0.2) is 9.71 Å². The molecule has 1 aliphatic rings. The summed E-state index contributed by atoms with van der Waals surface area (Å²) < 4.78 is 41.3. The molecule has 0 unspecified atom stereocenters. The van der Waals surface area contributed by atoms with E-state index in [2.05, 4.69) is 24.4 Å². The summed E-state index contributed by atoms with van der Waals surface area (Å²) in [5.41, 5.74) is 3.61. The third kappa shape index (κ3) is 7.11. The van der Waals surface area contributed by atoms with E-state index in [0.29, 0.717) is 23.6 Å². The lowest BCUT2D eigenvalue weighted by Crippen LogP contribution is -2.39. The summed E-state index contributed by atoms with van der Waals surface area (Å²) in [5.74, 6) is -0.0122. The van der Waals surface area contributed by atoms with Crippen molar-refractivity contribution < 1.29 is 27.5 Å². The van der Waals surface area contributed by atoms with E-state index in [1.54, 1.807) is 19.2 Å². The second-order valence-electron chi connectivity index (χ2n) is 12.2. The topological polar surface area (TPSA) is 120 Å². The fourth-order valence-electron chi connectivity index (χ4n) is 5.37. The van der Waals surface area contributed by atoms with Gasteiger partial charge in [-0.2, -0.15) is 12.7 Å². The number of nitrogens with zero attached hydrogens (tertiary/aromatic N) is 3. The summed E-state index contributed by atoms with van der Waals surface area (Å²) in [6, 6.07) is 9.82. The van der Waals surface area contributed by atoms with E-state index in [1.807, 2.05) is 22.8 Å². The molecule has 3 aromatic rings. The molecular weight excluding hydrogens is 573 g/mol. The van der Waals surface area contributed by atoms with Gasteiger partial charge in [0, 0.05) is 45.3 Å². The summed E-state index contributed by atoms with van der Waals surface area (Å²) in [6.45, 7) is 7.60. The van der Waals surface area contributed by atoms with Gasteiger partial charge in [-0.05, 0) is 60.7 Å². The lowest BCUT2D eigenvalue weighted by Gasteiger charge is -2.24. The highest BCUT2D eigenvalue weighted by atomic mass is 32.2. The van der Waals surface area contributed by atoms with Crippen molar-refractivity contribution in [1.82, 2.24) is 18.6 Å². The van der Waals surface area contributed by atoms with Crippen LogP contribution in [0.15, 0.2) is 30.3 Å².